The van der Waals surface area contributed by atoms with E-state index in [0.29, 0.717) is 6.42 Å². The third kappa shape index (κ3) is 3.05. The van der Waals surface area contributed by atoms with Gasteiger partial charge in [-0.05, 0) is 30.5 Å². The molecule has 0 unspecified atom stereocenters. The lowest BCUT2D eigenvalue weighted by atomic mass is 10.2. The molecule has 7 heteroatoms. The van der Waals surface area contributed by atoms with Gasteiger partial charge in [0.05, 0.1) is 16.4 Å². The molecule has 20 heavy (non-hydrogen) atoms. The molecular formula is C13H19NO4S2. The molecule has 1 fully saturated rings. The van der Waals surface area contributed by atoms with Gasteiger partial charge in [0.2, 0.25) is 10.0 Å². The second kappa shape index (κ2) is 5.46. The Kier molecular flexibility index (Phi) is 4.22. The van der Waals surface area contributed by atoms with Crippen molar-refractivity contribution in [1.82, 2.24) is 4.31 Å². The fourth-order valence-electron chi connectivity index (χ4n) is 2.32. The molecule has 0 radical (unpaired) electrons. The molecule has 1 saturated heterocycles. The number of benzene rings is 1. The van der Waals surface area contributed by atoms with Crippen molar-refractivity contribution >= 4 is 19.9 Å². The smallest absolute Gasteiger partial charge is 0.229 e. The van der Waals surface area contributed by atoms with Gasteiger partial charge in [0, 0.05) is 13.1 Å². The second-order valence-electron chi connectivity index (χ2n) is 5.08. The monoisotopic (exact) mass is 317 g/mol. The summed E-state index contributed by atoms with van der Waals surface area (Å²) in [5.41, 5.74) is 1.06. The molecule has 1 aromatic carbocycles. The van der Waals surface area contributed by atoms with Crippen LogP contribution < -0.4 is 0 Å². The van der Waals surface area contributed by atoms with Gasteiger partial charge in [-0.15, -0.1) is 0 Å². The van der Waals surface area contributed by atoms with Crippen LogP contribution in [0.3, 0.4) is 0 Å². The average Bonchev–Trinajstić information content (AvgIpc) is 2.78. The highest BCUT2D eigenvalue weighted by molar-refractivity contribution is 7.92. The van der Waals surface area contributed by atoms with Gasteiger partial charge in [0.25, 0.3) is 0 Å². The molecule has 0 bridgehead atoms. The van der Waals surface area contributed by atoms with Crippen molar-refractivity contribution in [1.29, 1.82) is 0 Å². The standard InChI is InChI=1S/C13H19NO4S2/c1-3-11-4-6-13(7-5-11)20(17,18)14(2)12-8-9-19(15,16)10-12/h4-7,12H,3,8-10H2,1-2H3/t12-/m1/s1. The zero-order chi connectivity index (χ0) is 15.0. The van der Waals surface area contributed by atoms with Crippen molar-refractivity contribution in [2.75, 3.05) is 18.6 Å². The summed E-state index contributed by atoms with van der Waals surface area (Å²) in [7, 11) is -5.28. The van der Waals surface area contributed by atoms with Crippen LogP contribution in [0.2, 0.25) is 0 Å². The summed E-state index contributed by atoms with van der Waals surface area (Å²) in [5.74, 6) is -0.0257. The van der Waals surface area contributed by atoms with Gasteiger partial charge < -0.3 is 0 Å². The Bertz CT molecular complexity index is 678. The highest BCUT2D eigenvalue weighted by Crippen LogP contribution is 2.23. The van der Waals surface area contributed by atoms with Crippen LogP contribution in [0.5, 0.6) is 0 Å². The maximum atomic E-state index is 12.5. The molecule has 0 amide bonds. The number of nitrogens with zero attached hydrogens (tertiary/aromatic N) is 1. The van der Waals surface area contributed by atoms with E-state index in [1.807, 2.05) is 6.92 Å². The molecule has 1 aliphatic heterocycles. The van der Waals surface area contributed by atoms with Gasteiger partial charge in [0.15, 0.2) is 9.84 Å². The summed E-state index contributed by atoms with van der Waals surface area (Å²) < 4.78 is 49.1. The number of hydrogen-bond donors (Lipinski definition) is 0. The number of aryl methyl sites for hydroxylation is 1. The fourth-order valence-corrected chi connectivity index (χ4v) is 5.58. The van der Waals surface area contributed by atoms with E-state index in [0.717, 1.165) is 12.0 Å². The van der Waals surface area contributed by atoms with Crippen molar-refractivity contribution < 1.29 is 16.8 Å². The molecule has 1 aliphatic rings. The minimum absolute atomic E-state index is 0.0618. The maximum Gasteiger partial charge on any atom is 0.243 e. The zero-order valence-corrected chi connectivity index (χ0v) is 13.2. The van der Waals surface area contributed by atoms with Gasteiger partial charge in [-0.25, -0.2) is 16.8 Å². The van der Waals surface area contributed by atoms with E-state index in [1.165, 1.54) is 11.4 Å². The third-order valence-electron chi connectivity index (χ3n) is 3.73. The van der Waals surface area contributed by atoms with E-state index >= 15 is 0 Å². The van der Waals surface area contributed by atoms with Crippen molar-refractivity contribution in [3.63, 3.8) is 0 Å². The molecule has 0 saturated carbocycles. The summed E-state index contributed by atoms with van der Waals surface area (Å²) in [6, 6.07) is 6.26. The topological polar surface area (TPSA) is 71.5 Å². The van der Waals surface area contributed by atoms with Crippen LogP contribution in [-0.2, 0) is 26.3 Å². The molecule has 0 spiro atoms. The van der Waals surface area contributed by atoms with E-state index in [4.69, 9.17) is 0 Å². The summed E-state index contributed by atoms with van der Waals surface area (Å²) >= 11 is 0. The quantitative estimate of drug-likeness (QED) is 0.832. The highest BCUT2D eigenvalue weighted by atomic mass is 32.2. The summed E-state index contributed by atoms with van der Waals surface area (Å²) in [6.45, 7) is 2.00. The number of sulfone groups is 1. The molecule has 0 N–H and O–H groups in total. The van der Waals surface area contributed by atoms with Crippen molar-refractivity contribution in [2.24, 2.45) is 0 Å². The van der Waals surface area contributed by atoms with Gasteiger partial charge in [-0.2, -0.15) is 4.31 Å². The minimum Gasteiger partial charge on any atom is -0.229 e. The molecule has 1 atom stereocenters. The Balaban J connectivity index is 2.25. The van der Waals surface area contributed by atoms with Crippen LogP contribution in [0.4, 0.5) is 0 Å². The van der Waals surface area contributed by atoms with Crippen LogP contribution >= 0.6 is 0 Å². The van der Waals surface area contributed by atoms with Gasteiger partial charge in [-0.1, -0.05) is 19.1 Å². The summed E-state index contributed by atoms with van der Waals surface area (Å²) in [4.78, 5) is 0.210. The largest absolute Gasteiger partial charge is 0.243 e. The predicted molar refractivity (Wildman–Crippen MR) is 77.8 cm³/mol. The normalized spacial score (nSPS) is 22.2. The predicted octanol–water partition coefficient (Wildman–Crippen LogP) is 1.06. The van der Waals surface area contributed by atoms with Gasteiger partial charge in [0.1, 0.15) is 0 Å². The van der Waals surface area contributed by atoms with Crippen LogP contribution in [0.1, 0.15) is 18.9 Å². The highest BCUT2D eigenvalue weighted by Gasteiger charge is 2.36. The van der Waals surface area contributed by atoms with Crippen LogP contribution in [0, 0.1) is 0 Å². The minimum atomic E-state index is -3.63. The first kappa shape index (κ1) is 15.5. The van der Waals surface area contributed by atoms with Crippen molar-refractivity contribution in [3.05, 3.63) is 29.8 Å². The molecule has 112 valence electrons. The van der Waals surface area contributed by atoms with E-state index in [9.17, 15) is 16.8 Å². The lowest BCUT2D eigenvalue weighted by Crippen LogP contribution is -2.37. The third-order valence-corrected chi connectivity index (χ3v) is 7.41. The first-order valence-electron chi connectivity index (χ1n) is 6.53. The van der Waals surface area contributed by atoms with Crippen molar-refractivity contribution in [3.8, 4) is 0 Å². The van der Waals surface area contributed by atoms with E-state index in [-0.39, 0.29) is 16.4 Å². The Morgan fingerprint density at radius 2 is 1.85 bits per heavy atom. The Morgan fingerprint density at radius 1 is 1.25 bits per heavy atom. The first-order valence-corrected chi connectivity index (χ1v) is 9.80. The molecule has 5 nitrogen and oxygen atoms in total. The van der Waals surface area contributed by atoms with Crippen LogP contribution in [0.25, 0.3) is 0 Å². The van der Waals surface area contributed by atoms with E-state index < -0.39 is 25.9 Å². The molecule has 1 aromatic rings. The van der Waals surface area contributed by atoms with Crippen molar-refractivity contribution in [2.45, 2.75) is 30.7 Å². The van der Waals surface area contributed by atoms with Crippen LogP contribution in [-0.4, -0.2) is 45.7 Å². The Labute approximate surface area is 120 Å². The Hall–Kier alpha value is -0.920. The lowest BCUT2D eigenvalue weighted by Gasteiger charge is -2.22. The molecule has 0 aliphatic carbocycles. The number of rotatable bonds is 4. The Morgan fingerprint density at radius 3 is 2.30 bits per heavy atom. The molecule has 1 heterocycles. The van der Waals surface area contributed by atoms with E-state index in [2.05, 4.69) is 0 Å². The molecule has 0 aromatic heterocycles. The maximum absolute atomic E-state index is 12.5. The van der Waals surface area contributed by atoms with Gasteiger partial charge >= 0.3 is 0 Å². The second-order valence-corrected chi connectivity index (χ2v) is 9.30. The van der Waals surface area contributed by atoms with Gasteiger partial charge in [-0.3, -0.25) is 0 Å². The first-order chi connectivity index (χ1) is 9.26. The summed E-state index contributed by atoms with van der Waals surface area (Å²) in [5, 5.41) is 0. The molecular weight excluding hydrogens is 298 g/mol. The fraction of sp³-hybridized carbons (Fsp3) is 0.538. The molecule has 2 rings (SSSR count). The SMILES string of the molecule is CCc1ccc(S(=O)(=O)N(C)[C@@H]2CCS(=O)(=O)C2)cc1. The van der Waals surface area contributed by atoms with Crippen LogP contribution in [0.15, 0.2) is 29.2 Å². The average molecular weight is 317 g/mol. The number of hydrogen-bond acceptors (Lipinski definition) is 4. The lowest BCUT2D eigenvalue weighted by molar-refractivity contribution is 0.394. The number of sulfonamides is 1. The summed E-state index contributed by atoms with van der Waals surface area (Å²) in [6.07, 6.45) is 1.21. The van der Waals surface area contributed by atoms with E-state index in [1.54, 1.807) is 24.3 Å². The zero-order valence-electron chi connectivity index (χ0n) is 11.6.